The van der Waals surface area contributed by atoms with Crippen molar-refractivity contribution < 1.29 is 14.2 Å². The van der Waals surface area contributed by atoms with Crippen LogP contribution in [0.15, 0.2) is 36.4 Å². The summed E-state index contributed by atoms with van der Waals surface area (Å²) in [6.07, 6.45) is 3.48. The Morgan fingerprint density at radius 3 is 2.00 bits per heavy atom. The number of ether oxygens (including phenoxy) is 3. The van der Waals surface area contributed by atoms with Crippen molar-refractivity contribution in [3.63, 3.8) is 0 Å². The van der Waals surface area contributed by atoms with Crippen molar-refractivity contribution in [3.8, 4) is 17.2 Å². The monoisotopic (exact) mass is 466 g/mol. The molecule has 0 atom stereocenters. The first-order valence-electron chi connectivity index (χ1n) is 11.7. The van der Waals surface area contributed by atoms with Crippen molar-refractivity contribution in [2.45, 2.75) is 38.4 Å². The number of likely N-dealkylation sites (tertiary alicyclic amines) is 1. The zero-order valence-electron chi connectivity index (χ0n) is 19.7. The highest BCUT2D eigenvalue weighted by atomic mass is 16.5. The van der Waals surface area contributed by atoms with Gasteiger partial charge in [0.25, 0.3) is 0 Å². The molecular weight excluding hydrogens is 432 g/mol. The molecule has 2 aromatic carbocycles. The summed E-state index contributed by atoms with van der Waals surface area (Å²) in [6, 6.07) is 12.1. The number of nitrogens with zero attached hydrogens (tertiary/aromatic N) is 2. The van der Waals surface area contributed by atoms with Crippen LogP contribution in [0.25, 0.3) is 0 Å². The maximum absolute atomic E-state index is 7.72. The predicted octanol–water partition coefficient (Wildman–Crippen LogP) is 2.30. The average molecular weight is 467 g/mol. The summed E-state index contributed by atoms with van der Waals surface area (Å²) in [5.41, 5.74) is 14.7. The number of hydrogen-bond donors (Lipinski definition) is 4. The molecule has 2 heterocycles. The van der Waals surface area contributed by atoms with E-state index in [-0.39, 0.29) is 18.0 Å². The van der Waals surface area contributed by atoms with Crippen molar-refractivity contribution in [3.05, 3.63) is 53.1 Å². The van der Waals surface area contributed by atoms with Crippen molar-refractivity contribution >= 4 is 11.9 Å². The second-order valence-corrected chi connectivity index (χ2v) is 8.77. The lowest BCUT2D eigenvalue weighted by atomic mass is 10.0. The Balaban J connectivity index is 1.34. The van der Waals surface area contributed by atoms with Crippen LogP contribution in [0.4, 0.5) is 0 Å². The minimum Gasteiger partial charge on any atom is -0.493 e. The molecule has 0 amide bonds. The number of benzene rings is 2. The van der Waals surface area contributed by atoms with E-state index in [0.29, 0.717) is 12.4 Å². The quantitative estimate of drug-likeness (QED) is 0.379. The van der Waals surface area contributed by atoms with E-state index < -0.39 is 0 Å². The van der Waals surface area contributed by atoms with Gasteiger partial charge in [-0.2, -0.15) is 0 Å². The molecule has 9 nitrogen and oxygen atoms in total. The number of hydrogen-bond acceptors (Lipinski definition) is 5. The van der Waals surface area contributed by atoms with E-state index in [0.717, 1.165) is 68.9 Å². The van der Waals surface area contributed by atoms with E-state index in [1.807, 2.05) is 40.1 Å². The van der Waals surface area contributed by atoms with Crippen molar-refractivity contribution in [1.82, 2.24) is 9.80 Å². The molecule has 0 radical (unpaired) electrons. The molecule has 34 heavy (non-hydrogen) atoms. The first-order valence-corrected chi connectivity index (χ1v) is 11.7. The number of nitrogens with one attached hydrogen (secondary N) is 2. The molecule has 2 aromatic rings. The number of nitrogens with two attached hydrogens (primary N) is 2. The van der Waals surface area contributed by atoms with Gasteiger partial charge in [-0.05, 0) is 53.8 Å². The number of fused-ring (bicyclic) bond motifs is 1. The van der Waals surface area contributed by atoms with Gasteiger partial charge >= 0.3 is 0 Å². The number of methoxy groups -OCH3 is 1. The first kappa shape index (κ1) is 23.5. The van der Waals surface area contributed by atoms with Crippen LogP contribution < -0.4 is 25.7 Å². The number of rotatable bonds is 6. The molecule has 0 aliphatic carbocycles. The Morgan fingerprint density at radius 1 is 0.882 bits per heavy atom. The molecule has 2 aliphatic rings. The molecule has 1 saturated heterocycles. The first-order chi connectivity index (χ1) is 16.4. The molecule has 182 valence electrons. The van der Waals surface area contributed by atoms with Gasteiger partial charge in [0.1, 0.15) is 18.5 Å². The van der Waals surface area contributed by atoms with Crippen LogP contribution in [-0.4, -0.2) is 61.1 Å². The summed E-state index contributed by atoms with van der Waals surface area (Å²) in [6.45, 7) is 3.38. The number of piperidine rings is 1. The highest BCUT2D eigenvalue weighted by Gasteiger charge is 2.21. The lowest BCUT2D eigenvalue weighted by molar-refractivity contribution is 0.130. The Kier molecular flexibility index (Phi) is 7.30. The lowest BCUT2D eigenvalue weighted by Crippen LogP contribution is -2.44. The van der Waals surface area contributed by atoms with E-state index in [2.05, 4.69) is 6.07 Å². The second-order valence-electron chi connectivity index (χ2n) is 8.77. The van der Waals surface area contributed by atoms with Crippen molar-refractivity contribution in [1.29, 1.82) is 10.8 Å². The molecule has 9 heteroatoms. The molecule has 0 saturated carbocycles. The van der Waals surface area contributed by atoms with Crippen LogP contribution in [0, 0.1) is 10.8 Å². The highest BCUT2D eigenvalue weighted by Crippen LogP contribution is 2.33. The van der Waals surface area contributed by atoms with Gasteiger partial charge in [0.05, 0.1) is 7.11 Å². The fourth-order valence-electron chi connectivity index (χ4n) is 4.48. The normalized spacial score (nSPS) is 16.4. The van der Waals surface area contributed by atoms with Crippen LogP contribution in [0.2, 0.25) is 0 Å². The predicted molar refractivity (Wildman–Crippen MR) is 132 cm³/mol. The second kappa shape index (κ2) is 10.5. The summed E-state index contributed by atoms with van der Waals surface area (Å²) in [4.78, 5) is 3.76. The summed E-state index contributed by atoms with van der Waals surface area (Å²) in [5, 5.41) is 15.3. The summed E-state index contributed by atoms with van der Waals surface area (Å²) in [7, 11) is 1.65. The molecular formula is C25H34N6O3. The van der Waals surface area contributed by atoms with Gasteiger partial charge in [-0.3, -0.25) is 10.8 Å². The molecule has 0 spiro atoms. The smallest absolute Gasteiger partial charge is 0.188 e. The summed E-state index contributed by atoms with van der Waals surface area (Å²) in [5.74, 6) is 2.52. The van der Waals surface area contributed by atoms with Crippen molar-refractivity contribution in [2.24, 2.45) is 11.5 Å². The van der Waals surface area contributed by atoms with Crippen LogP contribution in [0.3, 0.4) is 0 Å². The van der Waals surface area contributed by atoms with E-state index >= 15 is 0 Å². The van der Waals surface area contributed by atoms with Gasteiger partial charge in [0, 0.05) is 39.0 Å². The topological polar surface area (TPSA) is 134 Å². The fraction of sp³-hybridized carbons (Fsp3) is 0.440. The Hall–Kier alpha value is -3.62. The summed E-state index contributed by atoms with van der Waals surface area (Å²) >= 11 is 0. The van der Waals surface area contributed by atoms with Crippen LogP contribution in [0.1, 0.15) is 29.5 Å². The highest BCUT2D eigenvalue weighted by molar-refractivity contribution is 5.75. The third kappa shape index (κ3) is 5.65. The van der Waals surface area contributed by atoms with Gasteiger partial charge in [-0.25, -0.2) is 0 Å². The van der Waals surface area contributed by atoms with Gasteiger partial charge in [-0.15, -0.1) is 0 Å². The number of guanidine groups is 2. The largest absolute Gasteiger partial charge is 0.493 e. The Bertz CT molecular complexity index is 1020. The van der Waals surface area contributed by atoms with Crippen LogP contribution >= 0.6 is 0 Å². The van der Waals surface area contributed by atoms with Gasteiger partial charge in [-0.1, -0.05) is 12.1 Å². The fourth-order valence-corrected chi connectivity index (χ4v) is 4.48. The van der Waals surface area contributed by atoms with E-state index in [1.54, 1.807) is 7.11 Å². The van der Waals surface area contributed by atoms with Crippen LogP contribution in [-0.2, 0) is 19.4 Å². The average Bonchev–Trinajstić information content (AvgIpc) is 3.05. The standard InChI is InChI=1S/C25H34N6O3/c1-32-22-14-18-6-10-30(24(26)27)11-7-19(18)15-23(22)33-16-17-2-4-20(5-3-17)34-21-8-12-31(13-9-21)25(28)29/h2-5,14-15,21H,6-13,16H2,1H3,(H3,26,27)(H3,28,29). The third-order valence-corrected chi connectivity index (χ3v) is 6.53. The molecule has 4 rings (SSSR count). The minimum absolute atomic E-state index is 0.116. The third-order valence-electron chi connectivity index (χ3n) is 6.53. The molecule has 0 aromatic heterocycles. The van der Waals surface area contributed by atoms with Crippen LogP contribution in [0.5, 0.6) is 17.2 Å². The minimum atomic E-state index is 0.116. The van der Waals surface area contributed by atoms with Gasteiger partial charge in [0.2, 0.25) is 0 Å². The van der Waals surface area contributed by atoms with E-state index in [1.165, 1.54) is 11.1 Å². The molecule has 6 N–H and O–H groups in total. The van der Waals surface area contributed by atoms with E-state index in [4.69, 9.17) is 36.5 Å². The van der Waals surface area contributed by atoms with Gasteiger partial charge in [0.15, 0.2) is 23.4 Å². The maximum Gasteiger partial charge on any atom is 0.188 e. The zero-order valence-corrected chi connectivity index (χ0v) is 19.7. The molecule has 2 aliphatic heterocycles. The Morgan fingerprint density at radius 2 is 1.44 bits per heavy atom. The molecule has 1 fully saturated rings. The van der Waals surface area contributed by atoms with E-state index in [9.17, 15) is 0 Å². The lowest BCUT2D eigenvalue weighted by Gasteiger charge is -2.32. The zero-order chi connectivity index (χ0) is 24.1. The maximum atomic E-state index is 7.72. The van der Waals surface area contributed by atoms with Gasteiger partial charge < -0.3 is 35.5 Å². The summed E-state index contributed by atoms with van der Waals surface area (Å²) < 4.78 is 17.8. The molecule has 0 unspecified atom stereocenters. The van der Waals surface area contributed by atoms with Crippen molar-refractivity contribution in [2.75, 3.05) is 33.3 Å². The SMILES string of the molecule is COc1cc2c(cc1OCc1ccc(OC3CCN(C(=N)N)CC3)cc1)CCN(C(=N)N)CC2. The Labute approximate surface area is 200 Å². The molecule has 0 bridgehead atoms.